The zero-order valence-electron chi connectivity index (χ0n) is 16.6. The highest BCUT2D eigenvalue weighted by molar-refractivity contribution is 5.93. The van der Waals surface area contributed by atoms with E-state index in [1.54, 1.807) is 6.92 Å². The molecule has 0 bridgehead atoms. The van der Waals surface area contributed by atoms with E-state index in [-0.39, 0.29) is 17.9 Å². The number of hydrogen-bond acceptors (Lipinski definition) is 3. The molecule has 26 heavy (non-hydrogen) atoms. The molecule has 2 amide bonds. The highest BCUT2D eigenvalue weighted by atomic mass is 16.6. The van der Waals surface area contributed by atoms with Crippen LogP contribution in [0.25, 0.3) is 0 Å². The van der Waals surface area contributed by atoms with E-state index in [2.05, 4.69) is 19.1 Å². The van der Waals surface area contributed by atoms with Gasteiger partial charge in [-0.2, -0.15) is 0 Å². The molecule has 1 aromatic carbocycles. The van der Waals surface area contributed by atoms with Gasteiger partial charge in [-0.25, -0.2) is 4.79 Å². The molecule has 0 spiro atoms. The first kappa shape index (κ1) is 18.7. The van der Waals surface area contributed by atoms with E-state index in [0.717, 1.165) is 31.5 Å². The molecule has 0 fully saturated rings. The smallest absolute Gasteiger partial charge is 0.410 e. The lowest BCUT2D eigenvalue weighted by Crippen LogP contribution is -2.38. The van der Waals surface area contributed by atoms with E-state index in [4.69, 9.17) is 4.74 Å². The van der Waals surface area contributed by atoms with Crippen LogP contribution in [-0.2, 0) is 22.4 Å². The molecular weight excluding hydrogens is 328 g/mol. The van der Waals surface area contributed by atoms with Crippen molar-refractivity contribution in [3.8, 4) is 0 Å². The monoisotopic (exact) mass is 358 g/mol. The summed E-state index contributed by atoms with van der Waals surface area (Å²) in [6.07, 6.45) is 2.56. The van der Waals surface area contributed by atoms with E-state index >= 15 is 0 Å². The standard InChI is InChI=1S/C21H30N2O3/c1-14-13-22(20(25)26-21(3,4)5)10-8-16-12-19-17(11-18(14)16)7-6-9-23(19)15(2)24/h11-12,14H,6-10,13H2,1-5H3. The number of benzene rings is 1. The third-order valence-electron chi connectivity index (χ3n) is 5.17. The SMILES string of the molecule is CC(=O)N1CCCc2cc3c(cc21)CCN(C(=O)OC(C)(C)C)CC3C. The third-order valence-corrected chi connectivity index (χ3v) is 5.17. The first-order valence-electron chi connectivity index (χ1n) is 9.57. The molecule has 0 N–H and O–H groups in total. The average Bonchev–Trinajstić information content (AvgIpc) is 2.70. The highest BCUT2D eigenvalue weighted by Crippen LogP contribution is 2.35. The van der Waals surface area contributed by atoms with Crippen molar-refractivity contribution in [2.75, 3.05) is 24.5 Å². The minimum atomic E-state index is -0.486. The fourth-order valence-corrected chi connectivity index (χ4v) is 3.97. The Morgan fingerprint density at radius 3 is 2.50 bits per heavy atom. The summed E-state index contributed by atoms with van der Waals surface area (Å²) in [5.74, 6) is 0.348. The number of rotatable bonds is 0. The summed E-state index contributed by atoms with van der Waals surface area (Å²) in [6, 6.07) is 4.45. The van der Waals surface area contributed by atoms with Crippen LogP contribution < -0.4 is 4.90 Å². The Balaban J connectivity index is 1.87. The summed E-state index contributed by atoms with van der Waals surface area (Å²) < 4.78 is 5.56. The number of fused-ring (bicyclic) bond motifs is 2. The number of amides is 2. The van der Waals surface area contributed by atoms with E-state index in [0.29, 0.717) is 13.1 Å². The molecule has 5 nitrogen and oxygen atoms in total. The van der Waals surface area contributed by atoms with E-state index in [1.807, 2.05) is 30.6 Å². The lowest BCUT2D eigenvalue weighted by atomic mass is 9.89. The first-order valence-corrected chi connectivity index (χ1v) is 9.57. The molecule has 5 heteroatoms. The molecule has 2 aliphatic rings. The molecule has 3 rings (SSSR count). The molecular formula is C21H30N2O3. The van der Waals surface area contributed by atoms with Crippen LogP contribution in [0.15, 0.2) is 12.1 Å². The van der Waals surface area contributed by atoms with Gasteiger partial charge in [0.1, 0.15) is 5.60 Å². The number of ether oxygens (including phenoxy) is 1. The van der Waals surface area contributed by atoms with Crippen LogP contribution in [0.5, 0.6) is 0 Å². The molecule has 0 radical (unpaired) electrons. The van der Waals surface area contributed by atoms with E-state index in [9.17, 15) is 9.59 Å². The Kier molecular flexibility index (Phi) is 5.00. The molecule has 1 unspecified atom stereocenters. The summed E-state index contributed by atoms with van der Waals surface area (Å²) in [6.45, 7) is 11.6. The molecule has 2 heterocycles. The summed E-state index contributed by atoms with van der Waals surface area (Å²) in [5, 5.41) is 0. The predicted octanol–water partition coefficient (Wildman–Crippen LogP) is 3.88. The van der Waals surface area contributed by atoms with Crippen LogP contribution in [0.3, 0.4) is 0 Å². The Hall–Kier alpha value is -2.04. The minimum Gasteiger partial charge on any atom is -0.444 e. The molecule has 0 aliphatic carbocycles. The van der Waals surface area contributed by atoms with Crippen LogP contribution >= 0.6 is 0 Å². The number of carbonyl (C=O) groups excluding carboxylic acids is 2. The lowest BCUT2D eigenvalue weighted by molar-refractivity contribution is -0.116. The molecule has 0 aromatic heterocycles. The van der Waals surface area contributed by atoms with Gasteiger partial charge in [0, 0.05) is 32.2 Å². The fourth-order valence-electron chi connectivity index (χ4n) is 3.97. The van der Waals surface area contributed by atoms with Crippen LogP contribution in [-0.4, -0.2) is 42.1 Å². The summed E-state index contributed by atoms with van der Waals surface area (Å²) in [4.78, 5) is 28.2. The van der Waals surface area contributed by atoms with Crippen molar-refractivity contribution in [1.29, 1.82) is 0 Å². The lowest BCUT2D eigenvalue weighted by Gasteiger charge is -2.30. The van der Waals surface area contributed by atoms with Gasteiger partial charge in [0.2, 0.25) is 5.91 Å². The van der Waals surface area contributed by atoms with Crippen molar-refractivity contribution in [1.82, 2.24) is 4.90 Å². The van der Waals surface area contributed by atoms with Crippen LogP contribution in [0.4, 0.5) is 10.5 Å². The number of carbonyl (C=O) groups is 2. The summed E-state index contributed by atoms with van der Waals surface area (Å²) >= 11 is 0. The second kappa shape index (κ2) is 6.93. The van der Waals surface area contributed by atoms with Crippen molar-refractivity contribution in [3.05, 3.63) is 28.8 Å². The molecule has 1 aromatic rings. The zero-order valence-corrected chi connectivity index (χ0v) is 16.6. The van der Waals surface area contributed by atoms with Crippen LogP contribution in [0, 0.1) is 0 Å². The fraction of sp³-hybridized carbons (Fsp3) is 0.619. The number of hydrogen-bond donors (Lipinski definition) is 0. The van der Waals surface area contributed by atoms with Gasteiger partial charge in [-0.1, -0.05) is 13.0 Å². The third kappa shape index (κ3) is 3.87. The zero-order chi connectivity index (χ0) is 19.1. The number of nitrogens with zero attached hydrogens (tertiary/aromatic N) is 2. The second-order valence-electron chi connectivity index (χ2n) is 8.53. The van der Waals surface area contributed by atoms with Gasteiger partial charge in [-0.05, 0) is 68.7 Å². The first-order chi connectivity index (χ1) is 12.2. The Morgan fingerprint density at radius 2 is 1.85 bits per heavy atom. The maximum atomic E-state index is 12.5. The average molecular weight is 358 g/mol. The van der Waals surface area contributed by atoms with Crippen molar-refractivity contribution in [2.24, 2.45) is 0 Å². The van der Waals surface area contributed by atoms with Crippen LogP contribution in [0.2, 0.25) is 0 Å². The van der Waals surface area contributed by atoms with Crippen molar-refractivity contribution in [2.45, 2.75) is 65.4 Å². The Morgan fingerprint density at radius 1 is 1.12 bits per heavy atom. The Bertz CT molecular complexity index is 721. The molecule has 1 atom stereocenters. The van der Waals surface area contributed by atoms with Gasteiger partial charge in [0.25, 0.3) is 0 Å². The maximum Gasteiger partial charge on any atom is 0.410 e. The topological polar surface area (TPSA) is 49.9 Å². The summed E-state index contributed by atoms with van der Waals surface area (Å²) in [5.41, 5.74) is 4.37. The number of aryl methyl sites for hydroxylation is 1. The van der Waals surface area contributed by atoms with Crippen molar-refractivity contribution in [3.63, 3.8) is 0 Å². The molecule has 0 saturated heterocycles. The van der Waals surface area contributed by atoms with E-state index in [1.165, 1.54) is 16.7 Å². The van der Waals surface area contributed by atoms with Crippen LogP contribution in [0.1, 0.15) is 63.6 Å². The molecule has 2 aliphatic heterocycles. The molecule has 0 saturated carbocycles. The van der Waals surface area contributed by atoms with Crippen molar-refractivity contribution >= 4 is 17.7 Å². The largest absolute Gasteiger partial charge is 0.444 e. The maximum absolute atomic E-state index is 12.5. The summed E-state index contributed by atoms with van der Waals surface area (Å²) in [7, 11) is 0. The van der Waals surface area contributed by atoms with Gasteiger partial charge in [0.05, 0.1) is 0 Å². The van der Waals surface area contributed by atoms with Gasteiger partial charge >= 0.3 is 6.09 Å². The van der Waals surface area contributed by atoms with E-state index < -0.39 is 5.60 Å². The second-order valence-corrected chi connectivity index (χ2v) is 8.53. The molecule has 142 valence electrons. The minimum absolute atomic E-state index is 0.1000. The predicted molar refractivity (Wildman–Crippen MR) is 103 cm³/mol. The Labute approximate surface area is 156 Å². The number of anilines is 1. The van der Waals surface area contributed by atoms with Gasteiger partial charge in [-0.3, -0.25) is 4.79 Å². The quantitative estimate of drug-likeness (QED) is 0.707. The van der Waals surface area contributed by atoms with Gasteiger partial charge < -0.3 is 14.5 Å². The highest BCUT2D eigenvalue weighted by Gasteiger charge is 2.29. The van der Waals surface area contributed by atoms with Gasteiger partial charge in [0.15, 0.2) is 0 Å². The van der Waals surface area contributed by atoms with Gasteiger partial charge in [-0.15, -0.1) is 0 Å². The normalized spacial score (nSPS) is 20.1. The van der Waals surface area contributed by atoms with Crippen molar-refractivity contribution < 1.29 is 14.3 Å².